The van der Waals surface area contributed by atoms with Gasteiger partial charge in [0.1, 0.15) is 0 Å². The molecule has 0 saturated heterocycles. The molecule has 0 spiro atoms. The lowest BCUT2D eigenvalue weighted by molar-refractivity contribution is 0.0924. The highest BCUT2D eigenvalue weighted by molar-refractivity contribution is 7.09. The zero-order chi connectivity index (χ0) is 15.6. The quantitative estimate of drug-likeness (QED) is 0.764. The first-order chi connectivity index (χ1) is 9.90. The average molecular weight is 304 g/mol. The second-order valence-electron chi connectivity index (χ2n) is 5.81. The highest BCUT2D eigenvalue weighted by Crippen LogP contribution is 2.16. The number of rotatable bonds is 6. The SMILES string of the molecule is Cc1cc(C(=O)CN(C)C(C)Cc2cccs2)c(C)n1C. The van der Waals surface area contributed by atoms with E-state index in [1.54, 1.807) is 11.3 Å². The molecule has 1 atom stereocenters. The Kier molecular flexibility index (Phi) is 5.01. The van der Waals surface area contributed by atoms with E-state index in [0.29, 0.717) is 12.6 Å². The third-order valence-electron chi connectivity index (χ3n) is 4.30. The van der Waals surface area contributed by atoms with E-state index < -0.39 is 0 Å². The summed E-state index contributed by atoms with van der Waals surface area (Å²) in [5.41, 5.74) is 3.03. The fraction of sp³-hybridized carbons (Fsp3) is 0.471. The van der Waals surface area contributed by atoms with Crippen LogP contribution in [-0.4, -0.2) is 34.9 Å². The molecule has 0 aromatic carbocycles. The molecular weight excluding hydrogens is 280 g/mol. The highest BCUT2D eigenvalue weighted by Gasteiger charge is 2.18. The second kappa shape index (κ2) is 6.58. The molecule has 114 valence electrons. The molecule has 2 rings (SSSR count). The first-order valence-corrected chi connectivity index (χ1v) is 8.17. The van der Waals surface area contributed by atoms with Crippen LogP contribution in [0.2, 0.25) is 0 Å². The van der Waals surface area contributed by atoms with E-state index in [0.717, 1.165) is 23.4 Å². The van der Waals surface area contributed by atoms with E-state index in [2.05, 4.69) is 33.9 Å². The zero-order valence-corrected chi connectivity index (χ0v) is 14.3. The molecule has 0 aliphatic heterocycles. The summed E-state index contributed by atoms with van der Waals surface area (Å²) in [6.45, 7) is 6.69. The standard InChI is InChI=1S/C17H24N2OS/c1-12(9-15-7-6-8-21-15)18(4)11-17(20)16-10-13(2)19(5)14(16)3/h6-8,10,12H,9,11H2,1-5H3. The topological polar surface area (TPSA) is 25.2 Å². The third kappa shape index (κ3) is 3.63. The predicted molar refractivity (Wildman–Crippen MR) is 89.3 cm³/mol. The van der Waals surface area contributed by atoms with Crippen LogP contribution in [0.1, 0.15) is 33.5 Å². The minimum Gasteiger partial charge on any atom is -0.351 e. The third-order valence-corrected chi connectivity index (χ3v) is 5.20. The Hall–Kier alpha value is -1.39. The van der Waals surface area contributed by atoms with Crippen molar-refractivity contribution in [1.82, 2.24) is 9.47 Å². The number of ketones is 1. The molecular formula is C17H24N2OS. The molecule has 0 fully saturated rings. The van der Waals surface area contributed by atoms with Crippen molar-refractivity contribution in [3.05, 3.63) is 45.4 Å². The van der Waals surface area contributed by atoms with Gasteiger partial charge < -0.3 is 4.57 Å². The van der Waals surface area contributed by atoms with Gasteiger partial charge in [0.2, 0.25) is 0 Å². The van der Waals surface area contributed by atoms with E-state index in [4.69, 9.17) is 0 Å². The molecule has 0 radical (unpaired) electrons. The minimum absolute atomic E-state index is 0.205. The number of aryl methyl sites for hydroxylation is 1. The highest BCUT2D eigenvalue weighted by atomic mass is 32.1. The molecule has 2 aromatic rings. The molecule has 2 aromatic heterocycles. The maximum Gasteiger partial charge on any atom is 0.178 e. The van der Waals surface area contributed by atoms with Crippen LogP contribution in [0.4, 0.5) is 0 Å². The maximum absolute atomic E-state index is 12.5. The van der Waals surface area contributed by atoms with Gasteiger partial charge in [0.25, 0.3) is 0 Å². The normalized spacial score (nSPS) is 12.9. The fourth-order valence-corrected chi connectivity index (χ4v) is 3.31. The smallest absolute Gasteiger partial charge is 0.178 e. The van der Waals surface area contributed by atoms with E-state index in [1.807, 2.05) is 34.0 Å². The zero-order valence-electron chi connectivity index (χ0n) is 13.5. The predicted octanol–water partition coefficient (Wildman–Crippen LogP) is 3.45. The summed E-state index contributed by atoms with van der Waals surface area (Å²) >= 11 is 1.78. The fourth-order valence-electron chi connectivity index (χ4n) is 2.48. The van der Waals surface area contributed by atoms with Crippen molar-refractivity contribution >= 4 is 17.1 Å². The molecule has 3 nitrogen and oxygen atoms in total. The summed E-state index contributed by atoms with van der Waals surface area (Å²) in [6.07, 6.45) is 0.994. The first-order valence-electron chi connectivity index (χ1n) is 7.29. The van der Waals surface area contributed by atoms with Crippen LogP contribution in [0.3, 0.4) is 0 Å². The van der Waals surface area contributed by atoms with Crippen molar-refractivity contribution in [2.45, 2.75) is 33.2 Å². The Balaban J connectivity index is 1.99. The lowest BCUT2D eigenvalue weighted by Crippen LogP contribution is -2.35. The van der Waals surface area contributed by atoms with Crippen LogP contribution in [0, 0.1) is 13.8 Å². The molecule has 0 N–H and O–H groups in total. The number of hydrogen-bond donors (Lipinski definition) is 0. The number of hydrogen-bond acceptors (Lipinski definition) is 3. The van der Waals surface area contributed by atoms with Gasteiger partial charge in [-0.3, -0.25) is 9.69 Å². The van der Waals surface area contributed by atoms with Crippen molar-refractivity contribution in [1.29, 1.82) is 0 Å². The molecule has 0 bridgehead atoms. The van der Waals surface area contributed by atoms with Gasteiger partial charge in [0.05, 0.1) is 6.54 Å². The van der Waals surface area contributed by atoms with Crippen LogP contribution in [0.15, 0.2) is 23.6 Å². The number of carbonyl (C=O) groups is 1. The van der Waals surface area contributed by atoms with Crippen molar-refractivity contribution in [2.75, 3.05) is 13.6 Å². The first kappa shape index (κ1) is 16.0. The number of nitrogens with zero attached hydrogens (tertiary/aromatic N) is 2. The Morgan fingerprint density at radius 2 is 2.14 bits per heavy atom. The number of carbonyl (C=O) groups excluding carboxylic acids is 1. The summed E-state index contributed by atoms with van der Waals surface area (Å²) < 4.78 is 2.07. The Bertz CT molecular complexity index is 613. The van der Waals surface area contributed by atoms with E-state index in [9.17, 15) is 4.79 Å². The van der Waals surface area contributed by atoms with Gasteiger partial charge in [-0.05, 0) is 51.8 Å². The van der Waals surface area contributed by atoms with Crippen molar-refractivity contribution in [3.63, 3.8) is 0 Å². The van der Waals surface area contributed by atoms with Crippen LogP contribution < -0.4 is 0 Å². The summed E-state index contributed by atoms with van der Waals surface area (Å²) in [5.74, 6) is 0.205. The van der Waals surface area contributed by atoms with Gasteiger partial charge in [-0.1, -0.05) is 6.07 Å². The lowest BCUT2D eigenvalue weighted by atomic mass is 10.1. The van der Waals surface area contributed by atoms with Crippen molar-refractivity contribution in [2.24, 2.45) is 7.05 Å². The van der Waals surface area contributed by atoms with E-state index >= 15 is 0 Å². The number of aromatic nitrogens is 1. The van der Waals surface area contributed by atoms with Crippen molar-refractivity contribution in [3.8, 4) is 0 Å². The number of Topliss-reactive ketones (excluding diaryl/α,β-unsaturated/α-hetero) is 1. The lowest BCUT2D eigenvalue weighted by Gasteiger charge is -2.23. The summed E-state index contributed by atoms with van der Waals surface area (Å²) in [4.78, 5) is 16.0. The van der Waals surface area contributed by atoms with Crippen molar-refractivity contribution < 1.29 is 4.79 Å². The van der Waals surface area contributed by atoms with Gasteiger partial charge in [-0.25, -0.2) is 0 Å². The minimum atomic E-state index is 0.205. The van der Waals surface area contributed by atoms with Gasteiger partial charge in [0, 0.05) is 34.9 Å². The Morgan fingerprint density at radius 1 is 1.43 bits per heavy atom. The molecule has 2 heterocycles. The summed E-state index contributed by atoms with van der Waals surface area (Å²) in [7, 11) is 4.03. The molecule has 4 heteroatoms. The Labute approximate surface area is 131 Å². The second-order valence-corrected chi connectivity index (χ2v) is 6.85. The van der Waals surface area contributed by atoms with Gasteiger partial charge in [-0.2, -0.15) is 0 Å². The van der Waals surface area contributed by atoms with Crippen LogP contribution >= 0.6 is 11.3 Å². The average Bonchev–Trinajstić information content (AvgIpc) is 3.03. The van der Waals surface area contributed by atoms with E-state index in [1.165, 1.54) is 4.88 Å². The van der Waals surface area contributed by atoms with E-state index in [-0.39, 0.29) is 5.78 Å². The van der Waals surface area contributed by atoms with Gasteiger partial charge in [-0.15, -0.1) is 11.3 Å². The molecule has 0 saturated carbocycles. The van der Waals surface area contributed by atoms with Crippen LogP contribution in [0.25, 0.3) is 0 Å². The van der Waals surface area contributed by atoms with Crippen LogP contribution in [0.5, 0.6) is 0 Å². The van der Waals surface area contributed by atoms with Gasteiger partial charge in [0.15, 0.2) is 5.78 Å². The summed E-state index contributed by atoms with van der Waals surface area (Å²) in [6, 6.07) is 6.59. The van der Waals surface area contributed by atoms with Crippen LogP contribution in [-0.2, 0) is 13.5 Å². The summed E-state index contributed by atoms with van der Waals surface area (Å²) in [5, 5.41) is 2.10. The number of likely N-dealkylation sites (N-methyl/N-ethyl adjacent to an activating group) is 1. The van der Waals surface area contributed by atoms with Gasteiger partial charge >= 0.3 is 0 Å². The largest absolute Gasteiger partial charge is 0.351 e. The number of thiophene rings is 1. The monoisotopic (exact) mass is 304 g/mol. The molecule has 0 amide bonds. The molecule has 0 aliphatic carbocycles. The maximum atomic E-state index is 12.5. The molecule has 21 heavy (non-hydrogen) atoms. The Morgan fingerprint density at radius 3 is 2.67 bits per heavy atom. The molecule has 0 aliphatic rings. The molecule has 1 unspecified atom stereocenters.